The van der Waals surface area contributed by atoms with E-state index >= 15 is 0 Å². The molecule has 2 rings (SSSR count). The lowest BCUT2D eigenvalue weighted by Crippen LogP contribution is -2.15. The average molecular weight is 340 g/mol. The highest BCUT2D eigenvalue weighted by molar-refractivity contribution is 9.10. The minimum atomic E-state index is -0.364. The van der Waals surface area contributed by atoms with Crippen LogP contribution >= 0.6 is 15.9 Å². The minimum absolute atomic E-state index is 0.329. The van der Waals surface area contributed by atoms with Crippen LogP contribution in [0.25, 0.3) is 0 Å². The van der Waals surface area contributed by atoms with Gasteiger partial charge in [-0.05, 0) is 47.1 Å². The minimum Gasteiger partial charge on any atom is -0.436 e. The van der Waals surface area contributed by atoms with Crippen LogP contribution in [-0.4, -0.2) is 16.7 Å². The fourth-order valence-electron chi connectivity index (χ4n) is 1.56. The van der Waals surface area contributed by atoms with E-state index in [0.717, 1.165) is 18.7 Å². The summed E-state index contributed by atoms with van der Waals surface area (Å²) in [6, 6.07) is 7.78. The maximum absolute atomic E-state index is 13.1. The number of halogens is 2. The Bertz CT molecular complexity index is 563. The number of hydrogen-bond acceptors (Lipinski definition) is 4. The lowest BCUT2D eigenvalue weighted by atomic mass is 10.3. The quantitative estimate of drug-likeness (QED) is 0.815. The molecule has 20 heavy (non-hydrogen) atoms. The highest BCUT2D eigenvalue weighted by atomic mass is 79.9. The summed E-state index contributed by atoms with van der Waals surface area (Å²) in [7, 11) is 0. The van der Waals surface area contributed by atoms with Crippen molar-refractivity contribution < 1.29 is 9.13 Å². The zero-order valence-electron chi connectivity index (χ0n) is 11.1. The smallest absolute Gasteiger partial charge is 0.238 e. The van der Waals surface area contributed by atoms with Gasteiger partial charge in [-0.3, -0.25) is 0 Å². The maximum Gasteiger partial charge on any atom is 0.238 e. The van der Waals surface area contributed by atoms with Crippen LogP contribution in [0.1, 0.15) is 19.0 Å². The van der Waals surface area contributed by atoms with Crippen LogP contribution in [-0.2, 0) is 6.54 Å². The van der Waals surface area contributed by atoms with E-state index < -0.39 is 0 Å². The van der Waals surface area contributed by atoms with Crippen molar-refractivity contribution >= 4 is 15.9 Å². The summed E-state index contributed by atoms with van der Waals surface area (Å²) in [5.74, 6) is 0.336. The Kier molecular flexibility index (Phi) is 5.43. The molecule has 6 heteroatoms. The molecule has 1 aromatic heterocycles. The van der Waals surface area contributed by atoms with Gasteiger partial charge >= 0.3 is 0 Å². The van der Waals surface area contributed by atoms with Crippen LogP contribution in [0.3, 0.4) is 0 Å². The van der Waals surface area contributed by atoms with Gasteiger partial charge in [-0.1, -0.05) is 6.92 Å². The molecule has 0 aliphatic rings. The molecule has 0 amide bonds. The van der Waals surface area contributed by atoms with Gasteiger partial charge in [0.05, 0.1) is 10.2 Å². The highest BCUT2D eigenvalue weighted by Crippen LogP contribution is 2.29. The van der Waals surface area contributed by atoms with Crippen molar-refractivity contribution in [3.05, 3.63) is 46.3 Å². The molecule has 1 aromatic carbocycles. The van der Waals surface area contributed by atoms with Crippen molar-refractivity contribution in [2.24, 2.45) is 0 Å². The van der Waals surface area contributed by atoms with Gasteiger partial charge in [0, 0.05) is 18.7 Å². The molecule has 0 saturated heterocycles. The lowest BCUT2D eigenvalue weighted by molar-refractivity contribution is 0.446. The molecule has 2 aromatic rings. The monoisotopic (exact) mass is 339 g/mol. The number of nitrogens with one attached hydrogen (secondary N) is 1. The molecule has 0 radical (unpaired) electrons. The molecular formula is C14H15BrFN3O. The molecule has 0 unspecified atom stereocenters. The number of nitrogens with zero attached hydrogens (tertiary/aromatic N) is 2. The number of rotatable bonds is 6. The SMILES string of the molecule is CCCNCc1ccc(Oc2cc(F)ccc2Br)nn1. The van der Waals surface area contributed by atoms with E-state index in [-0.39, 0.29) is 5.82 Å². The average Bonchev–Trinajstić information content (AvgIpc) is 2.45. The van der Waals surface area contributed by atoms with Crippen LogP contribution < -0.4 is 10.1 Å². The van der Waals surface area contributed by atoms with E-state index in [1.54, 1.807) is 12.1 Å². The molecule has 0 aliphatic heterocycles. The fourth-order valence-corrected chi connectivity index (χ4v) is 1.89. The second-order valence-electron chi connectivity index (χ2n) is 4.22. The number of ether oxygens (including phenoxy) is 1. The summed E-state index contributed by atoms with van der Waals surface area (Å²) >= 11 is 3.29. The molecule has 1 heterocycles. The van der Waals surface area contributed by atoms with Crippen molar-refractivity contribution in [3.8, 4) is 11.6 Å². The van der Waals surface area contributed by atoms with Crippen molar-refractivity contribution in [1.29, 1.82) is 0 Å². The standard InChI is InChI=1S/C14H15BrFN3O/c1-2-7-17-9-11-4-6-14(19-18-11)20-13-8-10(16)3-5-12(13)15/h3-6,8,17H,2,7,9H2,1H3. The zero-order chi connectivity index (χ0) is 14.4. The molecule has 0 bridgehead atoms. The molecule has 4 nitrogen and oxygen atoms in total. The number of aromatic nitrogens is 2. The Hall–Kier alpha value is -1.53. The molecule has 0 aliphatic carbocycles. The summed E-state index contributed by atoms with van der Waals surface area (Å²) in [6.45, 7) is 3.72. The largest absolute Gasteiger partial charge is 0.436 e. The van der Waals surface area contributed by atoms with Crippen LogP contribution in [0.5, 0.6) is 11.6 Å². The first kappa shape index (κ1) is 14.9. The molecule has 0 atom stereocenters. The second-order valence-corrected chi connectivity index (χ2v) is 5.07. The van der Waals surface area contributed by atoms with Crippen molar-refractivity contribution in [1.82, 2.24) is 15.5 Å². The summed E-state index contributed by atoms with van der Waals surface area (Å²) in [5, 5.41) is 11.3. The van der Waals surface area contributed by atoms with Gasteiger partial charge in [-0.25, -0.2) is 4.39 Å². The maximum atomic E-state index is 13.1. The predicted octanol–water partition coefficient (Wildman–Crippen LogP) is 3.67. The summed E-state index contributed by atoms with van der Waals surface area (Å²) < 4.78 is 19.3. The van der Waals surface area contributed by atoms with Gasteiger partial charge in [0.2, 0.25) is 5.88 Å². The van der Waals surface area contributed by atoms with E-state index in [1.807, 2.05) is 6.07 Å². The van der Waals surface area contributed by atoms with Gasteiger partial charge in [-0.15, -0.1) is 5.10 Å². The number of benzene rings is 1. The Morgan fingerprint density at radius 1 is 1.25 bits per heavy atom. The van der Waals surface area contributed by atoms with E-state index in [2.05, 4.69) is 38.4 Å². The lowest BCUT2D eigenvalue weighted by Gasteiger charge is -2.07. The van der Waals surface area contributed by atoms with Crippen LogP contribution in [0.4, 0.5) is 4.39 Å². The fraction of sp³-hybridized carbons (Fsp3) is 0.286. The van der Waals surface area contributed by atoms with Gasteiger partial charge in [0.25, 0.3) is 0 Å². The van der Waals surface area contributed by atoms with Gasteiger partial charge in [-0.2, -0.15) is 5.10 Å². The Morgan fingerprint density at radius 2 is 2.10 bits per heavy atom. The van der Waals surface area contributed by atoms with E-state index in [9.17, 15) is 4.39 Å². The Morgan fingerprint density at radius 3 is 2.80 bits per heavy atom. The Labute approximate surface area is 125 Å². The van der Waals surface area contributed by atoms with Crippen molar-refractivity contribution in [2.45, 2.75) is 19.9 Å². The molecule has 0 spiro atoms. The van der Waals surface area contributed by atoms with Gasteiger partial charge < -0.3 is 10.1 Å². The summed E-state index contributed by atoms with van der Waals surface area (Å²) in [4.78, 5) is 0. The van der Waals surface area contributed by atoms with Gasteiger partial charge in [0.1, 0.15) is 11.6 Å². The van der Waals surface area contributed by atoms with E-state index in [4.69, 9.17) is 4.74 Å². The first-order valence-corrected chi connectivity index (χ1v) is 7.14. The summed E-state index contributed by atoms with van der Waals surface area (Å²) in [5.41, 5.74) is 0.837. The van der Waals surface area contributed by atoms with Crippen LogP contribution in [0.15, 0.2) is 34.8 Å². The van der Waals surface area contributed by atoms with Crippen LogP contribution in [0, 0.1) is 5.82 Å². The highest BCUT2D eigenvalue weighted by Gasteiger charge is 2.06. The second kappa shape index (κ2) is 7.31. The molecule has 0 saturated carbocycles. The number of hydrogen-bond donors (Lipinski definition) is 1. The van der Waals surface area contributed by atoms with Gasteiger partial charge in [0.15, 0.2) is 0 Å². The van der Waals surface area contributed by atoms with E-state index in [1.165, 1.54) is 12.1 Å². The molecule has 106 valence electrons. The molecule has 1 N–H and O–H groups in total. The van der Waals surface area contributed by atoms with Crippen molar-refractivity contribution in [2.75, 3.05) is 6.54 Å². The first-order valence-electron chi connectivity index (χ1n) is 6.35. The zero-order valence-corrected chi connectivity index (χ0v) is 12.7. The topological polar surface area (TPSA) is 47.0 Å². The van der Waals surface area contributed by atoms with Crippen LogP contribution in [0.2, 0.25) is 0 Å². The third-order valence-corrected chi connectivity index (χ3v) is 3.19. The molecule has 0 fully saturated rings. The third-order valence-electron chi connectivity index (χ3n) is 2.54. The molecular weight excluding hydrogens is 325 g/mol. The Balaban J connectivity index is 2.01. The first-order chi connectivity index (χ1) is 9.69. The third kappa shape index (κ3) is 4.25. The predicted molar refractivity (Wildman–Crippen MR) is 78.2 cm³/mol. The van der Waals surface area contributed by atoms with Crippen molar-refractivity contribution in [3.63, 3.8) is 0 Å². The van der Waals surface area contributed by atoms with E-state index in [0.29, 0.717) is 22.6 Å². The summed E-state index contributed by atoms with van der Waals surface area (Å²) in [6.07, 6.45) is 1.07. The normalized spacial score (nSPS) is 10.6.